The van der Waals surface area contributed by atoms with E-state index >= 15 is 0 Å². The molecule has 1 aliphatic carbocycles. The molecule has 27 heavy (non-hydrogen) atoms. The predicted octanol–water partition coefficient (Wildman–Crippen LogP) is 2.93. The molecular weight excluding hydrogens is 356 g/mol. The molecule has 1 heterocycles. The number of likely N-dealkylation sites (tertiary alicyclic amines) is 1. The van der Waals surface area contributed by atoms with E-state index in [0.717, 1.165) is 25.2 Å². The topological polar surface area (TPSA) is 49.4 Å². The molecule has 0 aromatic heterocycles. The maximum Gasteiger partial charge on any atom is 0.229 e. The van der Waals surface area contributed by atoms with Crippen LogP contribution in [0.5, 0.6) is 0 Å². The van der Waals surface area contributed by atoms with Crippen LogP contribution >= 0.6 is 0 Å². The third kappa shape index (κ3) is 3.73. The van der Waals surface area contributed by atoms with Crippen molar-refractivity contribution in [1.29, 1.82) is 0 Å². The van der Waals surface area contributed by atoms with Crippen LogP contribution < -0.4 is 4.72 Å². The van der Waals surface area contributed by atoms with Gasteiger partial charge < -0.3 is 0 Å². The fourth-order valence-electron chi connectivity index (χ4n) is 4.43. The SMILES string of the molecule is CC1(c2cccc(NS(C)(=O)=O)c2)C2CN(CC#Cc3ccccc3)CC21. The van der Waals surface area contributed by atoms with Gasteiger partial charge in [0, 0.05) is 29.8 Å². The molecule has 2 atom stereocenters. The van der Waals surface area contributed by atoms with Crippen LogP contribution in [0.4, 0.5) is 5.69 Å². The molecule has 4 nitrogen and oxygen atoms in total. The van der Waals surface area contributed by atoms with E-state index in [1.54, 1.807) is 6.07 Å². The second-order valence-corrected chi connectivity index (χ2v) is 9.56. The van der Waals surface area contributed by atoms with Gasteiger partial charge in [-0.25, -0.2) is 8.42 Å². The van der Waals surface area contributed by atoms with Gasteiger partial charge in [0.05, 0.1) is 12.8 Å². The fourth-order valence-corrected chi connectivity index (χ4v) is 4.98. The highest BCUT2D eigenvalue weighted by molar-refractivity contribution is 7.92. The molecule has 2 aliphatic rings. The lowest BCUT2D eigenvalue weighted by Gasteiger charge is -2.23. The van der Waals surface area contributed by atoms with Crippen LogP contribution in [-0.2, 0) is 15.4 Å². The number of hydrogen-bond acceptors (Lipinski definition) is 3. The molecule has 1 saturated heterocycles. The monoisotopic (exact) mass is 380 g/mol. The van der Waals surface area contributed by atoms with E-state index < -0.39 is 10.0 Å². The zero-order valence-corrected chi connectivity index (χ0v) is 16.5. The molecule has 2 fully saturated rings. The Kier molecular flexibility index (Phi) is 4.49. The van der Waals surface area contributed by atoms with Gasteiger partial charge >= 0.3 is 0 Å². The van der Waals surface area contributed by atoms with E-state index in [2.05, 4.69) is 34.5 Å². The number of anilines is 1. The predicted molar refractivity (Wildman–Crippen MR) is 109 cm³/mol. The third-order valence-corrected chi connectivity index (χ3v) is 6.53. The zero-order valence-electron chi connectivity index (χ0n) is 15.6. The summed E-state index contributed by atoms with van der Waals surface area (Å²) in [5.74, 6) is 7.74. The van der Waals surface area contributed by atoms with Crippen LogP contribution in [0.2, 0.25) is 0 Å². The van der Waals surface area contributed by atoms with Crippen LogP contribution in [-0.4, -0.2) is 39.2 Å². The van der Waals surface area contributed by atoms with Gasteiger partial charge in [-0.05, 0) is 41.7 Å². The van der Waals surface area contributed by atoms with Crippen LogP contribution in [0.25, 0.3) is 0 Å². The first-order valence-corrected chi connectivity index (χ1v) is 11.1. The quantitative estimate of drug-likeness (QED) is 0.830. The second kappa shape index (κ2) is 6.70. The average Bonchev–Trinajstić information content (AvgIpc) is 2.98. The summed E-state index contributed by atoms with van der Waals surface area (Å²) in [4.78, 5) is 2.42. The Bertz CT molecular complexity index is 993. The molecule has 0 radical (unpaired) electrons. The molecule has 2 aromatic carbocycles. The number of piperidine rings is 1. The Morgan fingerprint density at radius 3 is 2.48 bits per heavy atom. The number of fused-ring (bicyclic) bond motifs is 1. The molecule has 0 amide bonds. The van der Waals surface area contributed by atoms with Gasteiger partial charge in [-0.3, -0.25) is 9.62 Å². The van der Waals surface area contributed by atoms with E-state index in [-0.39, 0.29) is 5.41 Å². The molecule has 0 bridgehead atoms. The molecule has 0 spiro atoms. The Labute approximate surface area is 161 Å². The van der Waals surface area contributed by atoms with Crippen molar-refractivity contribution in [1.82, 2.24) is 4.90 Å². The van der Waals surface area contributed by atoms with Crippen molar-refractivity contribution in [3.63, 3.8) is 0 Å². The van der Waals surface area contributed by atoms with E-state index in [1.807, 2.05) is 42.5 Å². The Balaban J connectivity index is 1.39. The second-order valence-electron chi connectivity index (χ2n) is 7.81. The Hall–Kier alpha value is -2.29. The summed E-state index contributed by atoms with van der Waals surface area (Å²) in [6.45, 7) is 5.20. The first-order chi connectivity index (χ1) is 12.9. The summed E-state index contributed by atoms with van der Waals surface area (Å²) in [5, 5.41) is 0. The van der Waals surface area contributed by atoms with Gasteiger partial charge in [0.25, 0.3) is 0 Å². The highest BCUT2D eigenvalue weighted by Crippen LogP contribution is 2.63. The number of nitrogens with one attached hydrogen (secondary N) is 1. The minimum absolute atomic E-state index is 0.137. The van der Waals surface area contributed by atoms with Gasteiger partial charge in [-0.2, -0.15) is 0 Å². The summed E-state index contributed by atoms with van der Waals surface area (Å²) < 4.78 is 25.6. The van der Waals surface area contributed by atoms with Crippen molar-refractivity contribution in [2.45, 2.75) is 12.3 Å². The van der Waals surface area contributed by atoms with E-state index in [1.165, 1.54) is 11.8 Å². The summed E-state index contributed by atoms with van der Waals surface area (Å²) in [6, 6.07) is 17.9. The van der Waals surface area contributed by atoms with Crippen LogP contribution in [0.3, 0.4) is 0 Å². The van der Waals surface area contributed by atoms with Gasteiger partial charge in [0.2, 0.25) is 10.0 Å². The Morgan fingerprint density at radius 1 is 1.11 bits per heavy atom. The van der Waals surface area contributed by atoms with Crippen molar-refractivity contribution in [3.8, 4) is 11.8 Å². The zero-order chi connectivity index (χ0) is 19.1. The minimum atomic E-state index is -3.25. The highest BCUT2D eigenvalue weighted by atomic mass is 32.2. The average molecular weight is 381 g/mol. The molecule has 140 valence electrons. The van der Waals surface area contributed by atoms with Crippen molar-refractivity contribution in [2.24, 2.45) is 11.8 Å². The van der Waals surface area contributed by atoms with Gasteiger partial charge in [0.1, 0.15) is 0 Å². The molecule has 1 N–H and O–H groups in total. The van der Waals surface area contributed by atoms with E-state index in [4.69, 9.17) is 0 Å². The van der Waals surface area contributed by atoms with Crippen LogP contribution in [0, 0.1) is 23.7 Å². The van der Waals surface area contributed by atoms with Crippen LogP contribution in [0.15, 0.2) is 54.6 Å². The molecule has 4 rings (SSSR count). The number of sulfonamides is 1. The summed E-state index contributed by atoms with van der Waals surface area (Å²) in [7, 11) is -3.25. The van der Waals surface area contributed by atoms with Crippen LogP contribution in [0.1, 0.15) is 18.1 Å². The Morgan fingerprint density at radius 2 is 1.81 bits per heavy atom. The normalized spacial score (nSPS) is 26.7. The first-order valence-electron chi connectivity index (χ1n) is 9.21. The van der Waals surface area contributed by atoms with Crippen molar-refractivity contribution in [3.05, 3.63) is 65.7 Å². The maximum absolute atomic E-state index is 11.5. The largest absolute Gasteiger partial charge is 0.292 e. The van der Waals surface area contributed by atoms with Crippen molar-refractivity contribution < 1.29 is 8.42 Å². The smallest absolute Gasteiger partial charge is 0.229 e. The molecule has 2 unspecified atom stereocenters. The lowest BCUT2D eigenvalue weighted by atomic mass is 9.92. The summed E-state index contributed by atoms with van der Waals surface area (Å²) >= 11 is 0. The number of nitrogens with zero attached hydrogens (tertiary/aromatic N) is 1. The fraction of sp³-hybridized carbons (Fsp3) is 0.364. The van der Waals surface area contributed by atoms with Crippen molar-refractivity contribution in [2.75, 3.05) is 30.6 Å². The molecule has 1 saturated carbocycles. The minimum Gasteiger partial charge on any atom is -0.292 e. The van der Waals surface area contributed by atoms with Gasteiger partial charge in [-0.1, -0.05) is 49.1 Å². The lowest BCUT2D eigenvalue weighted by molar-refractivity contribution is 0.308. The molecule has 5 heteroatoms. The molecular formula is C22H24N2O2S. The van der Waals surface area contributed by atoms with Crippen molar-refractivity contribution >= 4 is 15.7 Å². The van der Waals surface area contributed by atoms with E-state index in [0.29, 0.717) is 17.5 Å². The summed E-state index contributed by atoms with van der Waals surface area (Å²) in [6.07, 6.45) is 1.18. The standard InChI is InChI=1S/C22H24N2O2S/c1-22(18-11-6-12-19(14-18)23-27(2,25)26)20-15-24(16-21(20)22)13-7-10-17-8-4-3-5-9-17/h3-6,8-9,11-12,14,20-21,23H,13,15-16H2,1-2H3. The van der Waals surface area contributed by atoms with E-state index in [9.17, 15) is 8.42 Å². The van der Waals surface area contributed by atoms with Gasteiger partial charge in [-0.15, -0.1) is 0 Å². The lowest BCUT2D eigenvalue weighted by Crippen LogP contribution is -2.29. The van der Waals surface area contributed by atoms with Gasteiger partial charge in [0.15, 0.2) is 0 Å². The third-order valence-electron chi connectivity index (χ3n) is 5.92. The maximum atomic E-state index is 11.5. The highest BCUT2D eigenvalue weighted by Gasteiger charge is 2.65. The number of benzene rings is 2. The molecule has 1 aliphatic heterocycles. The number of hydrogen-bond donors (Lipinski definition) is 1. The molecule has 2 aromatic rings. The first kappa shape index (κ1) is 18.1. The summed E-state index contributed by atoms with van der Waals surface area (Å²) in [5.41, 5.74) is 3.06. The number of rotatable bonds is 4.